The number of halogens is 1. The molecule has 18 heavy (non-hydrogen) atoms. The Hall–Kier alpha value is -2.01. The van der Waals surface area contributed by atoms with Crippen molar-refractivity contribution in [2.24, 2.45) is 0 Å². The predicted molar refractivity (Wildman–Crippen MR) is 68.7 cm³/mol. The van der Waals surface area contributed by atoms with Crippen molar-refractivity contribution in [3.8, 4) is 0 Å². The molecule has 0 amide bonds. The highest BCUT2D eigenvalue weighted by Crippen LogP contribution is 2.19. The van der Waals surface area contributed by atoms with Crippen molar-refractivity contribution in [1.82, 2.24) is 15.0 Å². The van der Waals surface area contributed by atoms with E-state index < -0.39 is 0 Å². The van der Waals surface area contributed by atoms with Gasteiger partial charge in [-0.1, -0.05) is 17.7 Å². The van der Waals surface area contributed by atoms with E-state index in [1.807, 2.05) is 18.2 Å². The summed E-state index contributed by atoms with van der Waals surface area (Å²) in [6, 6.07) is 5.61. The number of aromatic nitrogens is 3. The first-order chi connectivity index (χ1) is 8.70. The molecule has 0 aromatic carbocycles. The zero-order valence-electron chi connectivity index (χ0n) is 9.72. The van der Waals surface area contributed by atoms with Crippen molar-refractivity contribution < 1.29 is 4.79 Å². The highest BCUT2D eigenvalue weighted by molar-refractivity contribution is 6.32. The van der Waals surface area contributed by atoms with Gasteiger partial charge in [0.2, 0.25) is 0 Å². The molecule has 92 valence electrons. The average Bonchev–Trinajstić information content (AvgIpc) is 2.37. The Balaban J connectivity index is 2.21. The number of rotatable bonds is 4. The number of anilines is 1. The lowest BCUT2D eigenvalue weighted by atomic mass is 10.3. The molecule has 1 N–H and O–H groups in total. The van der Waals surface area contributed by atoms with E-state index in [9.17, 15) is 4.79 Å². The van der Waals surface area contributed by atoms with Crippen LogP contribution in [0.25, 0.3) is 0 Å². The molecule has 2 heterocycles. The van der Waals surface area contributed by atoms with E-state index in [4.69, 9.17) is 11.6 Å². The van der Waals surface area contributed by atoms with E-state index in [0.29, 0.717) is 24.5 Å². The molecule has 0 aliphatic heterocycles. The molecule has 0 bridgehead atoms. The van der Waals surface area contributed by atoms with Crippen LogP contribution in [0.15, 0.2) is 24.4 Å². The fraction of sp³-hybridized carbons (Fsp3) is 0.167. The minimum atomic E-state index is 0.154. The Morgan fingerprint density at radius 2 is 2.22 bits per heavy atom. The number of carbonyl (C=O) groups excluding carboxylic acids is 1. The molecule has 0 atom stereocenters. The second-order valence-electron chi connectivity index (χ2n) is 3.62. The summed E-state index contributed by atoms with van der Waals surface area (Å²) in [4.78, 5) is 23.2. The maximum absolute atomic E-state index is 11.0. The van der Waals surface area contributed by atoms with Crippen LogP contribution >= 0.6 is 11.6 Å². The zero-order chi connectivity index (χ0) is 13.0. The molecule has 6 heteroatoms. The van der Waals surface area contributed by atoms with E-state index >= 15 is 0 Å². The van der Waals surface area contributed by atoms with E-state index in [0.717, 1.165) is 5.69 Å². The van der Waals surface area contributed by atoms with Crippen molar-refractivity contribution in [1.29, 1.82) is 0 Å². The number of pyridine rings is 1. The largest absolute Gasteiger partial charge is 0.364 e. The Morgan fingerprint density at radius 1 is 1.39 bits per heavy atom. The molecule has 0 fully saturated rings. The quantitative estimate of drug-likeness (QED) is 0.676. The number of aldehydes is 1. The summed E-state index contributed by atoms with van der Waals surface area (Å²) < 4.78 is 0. The maximum Gasteiger partial charge on any atom is 0.156 e. The van der Waals surface area contributed by atoms with Crippen LogP contribution < -0.4 is 5.32 Å². The lowest BCUT2D eigenvalue weighted by molar-refractivity contribution is 0.112. The first-order valence-corrected chi connectivity index (χ1v) is 5.71. The van der Waals surface area contributed by atoms with E-state index in [1.165, 1.54) is 0 Å². The van der Waals surface area contributed by atoms with Crippen molar-refractivity contribution in [2.45, 2.75) is 13.5 Å². The van der Waals surface area contributed by atoms with E-state index in [2.05, 4.69) is 20.3 Å². The van der Waals surface area contributed by atoms with E-state index in [1.54, 1.807) is 13.1 Å². The molecule has 0 saturated heterocycles. The standard InChI is InChI=1S/C12H11ClN4O/c1-8-16-11(13)10(7-18)12(17-8)15-6-9-4-2-3-5-14-9/h2-5,7H,6H2,1H3,(H,15,16,17). The van der Waals surface area contributed by atoms with Gasteiger partial charge in [-0.15, -0.1) is 0 Å². The Labute approximate surface area is 109 Å². The summed E-state index contributed by atoms with van der Waals surface area (Å²) in [6.45, 7) is 2.18. The van der Waals surface area contributed by atoms with Crippen molar-refractivity contribution in [3.05, 3.63) is 46.6 Å². The average molecular weight is 263 g/mol. The van der Waals surface area contributed by atoms with Crippen molar-refractivity contribution in [3.63, 3.8) is 0 Å². The summed E-state index contributed by atoms with van der Waals surface area (Å²) in [5.74, 6) is 0.933. The van der Waals surface area contributed by atoms with Gasteiger partial charge in [-0.3, -0.25) is 9.78 Å². The monoisotopic (exact) mass is 262 g/mol. The third-order valence-corrected chi connectivity index (χ3v) is 2.58. The summed E-state index contributed by atoms with van der Waals surface area (Å²) in [5.41, 5.74) is 1.11. The first kappa shape index (κ1) is 12.4. The summed E-state index contributed by atoms with van der Waals surface area (Å²) in [6.07, 6.45) is 2.35. The van der Waals surface area contributed by atoms with Crippen molar-refractivity contribution in [2.75, 3.05) is 5.32 Å². The molecule has 5 nitrogen and oxygen atoms in total. The van der Waals surface area contributed by atoms with Crippen LogP contribution in [0.2, 0.25) is 5.15 Å². The van der Waals surface area contributed by atoms with Gasteiger partial charge in [0, 0.05) is 6.20 Å². The van der Waals surface area contributed by atoms with Crippen LogP contribution in [0, 0.1) is 6.92 Å². The summed E-state index contributed by atoms with van der Waals surface area (Å²) in [7, 11) is 0. The number of aryl methyl sites for hydroxylation is 1. The second kappa shape index (κ2) is 5.55. The fourth-order valence-corrected chi connectivity index (χ4v) is 1.72. The lowest BCUT2D eigenvalue weighted by Crippen LogP contribution is -2.08. The topological polar surface area (TPSA) is 67.8 Å². The minimum absolute atomic E-state index is 0.154. The zero-order valence-corrected chi connectivity index (χ0v) is 10.5. The Morgan fingerprint density at radius 3 is 2.89 bits per heavy atom. The molecule has 0 saturated carbocycles. The molecule has 0 aliphatic carbocycles. The van der Waals surface area contributed by atoms with E-state index in [-0.39, 0.29) is 10.7 Å². The lowest BCUT2D eigenvalue weighted by Gasteiger charge is -2.08. The van der Waals surface area contributed by atoms with Gasteiger partial charge in [-0.05, 0) is 19.1 Å². The van der Waals surface area contributed by atoms with Gasteiger partial charge >= 0.3 is 0 Å². The van der Waals surface area contributed by atoms with Crippen LogP contribution in [0.5, 0.6) is 0 Å². The Bertz CT molecular complexity index is 560. The molecule has 0 aliphatic rings. The fourth-order valence-electron chi connectivity index (χ4n) is 1.46. The highest BCUT2D eigenvalue weighted by Gasteiger charge is 2.10. The molecule has 2 aromatic rings. The number of carbonyl (C=O) groups is 1. The Kier molecular flexibility index (Phi) is 3.84. The minimum Gasteiger partial charge on any atom is -0.364 e. The van der Waals surface area contributed by atoms with Crippen LogP contribution in [-0.4, -0.2) is 21.2 Å². The highest BCUT2D eigenvalue weighted by atomic mass is 35.5. The SMILES string of the molecule is Cc1nc(Cl)c(C=O)c(NCc2ccccn2)n1. The van der Waals surface area contributed by atoms with Gasteiger partial charge in [0.05, 0.1) is 17.8 Å². The maximum atomic E-state index is 11.0. The second-order valence-corrected chi connectivity index (χ2v) is 3.97. The summed E-state index contributed by atoms with van der Waals surface area (Å²) in [5, 5.41) is 3.19. The predicted octanol–water partition coefficient (Wildman–Crippen LogP) is 2.26. The van der Waals surface area contributed by atoms with Crippen molar-refractivity contribution >= 4 is 23.7 Å². The molecule has 0 spiro atoms. The molecular formula is C12H11ClN4O. The summed E-state index contributed by atoms with van der Waals surface area (Å²) >= 11 is 5.88. The third-order valence-electron chi connectivity index (χ3n) is 2.29. The van der Waals surface area contributed by atoms with Gasteiger partial charge in [0.15, 0.2) is 6.29 Å². The molecule has 0 unspecified atom stereocenters. The third kappa shape index (κ3) is 2.81. The number of nitrogens with zero attached hydrogens (tertiary/aromatic N) is 3. The first-order valence-electron chi connectivity index (χ1n) is 5.34. The molecular weight excluding hydrogens is 252 g/mol. The normalized spacial score (nSPS) is 10.1. The smallest absolute Gasteiger partial charge is 0.156 e. The van der Waals surface area contributed by atoms with Gasteiger partial charge in [-0.25, -0.2) is 9.97 Å². The molecule has 0 radical (unpaired) electrons. The van der Waals surface area contributed by atoms with Crippen LogP contribution in [-0.2, 0) is 6.54 Å². The number of nitrogens with one attached hydrogen (secondary N) is 1. The van der Waals surface area contributed by atoms with Gasteiger partial charge < -0.3 is 5.32 Å². The number of hydrogen-bond acceptors (Lipinski definition) is 5. The van der Waals surface area contributed by atoms with Crippen LogP contribution in [0.1, 0.15) is 21.9 Å². The van der Waals surface area contributed by atoms with Crippen LogP contribution in [0.4, 0.5) is 5.82 Å². The molecule has 2 aromatic heterocycles. The van der Waals surface area contributed by atoms with Crippen LogP contribution in [0.3, 0.4) is 0 Å². The van der Waals surface area contributed by atoms with Gasteiger partial charge in [0.1, 0.15) is 16.8 Å². The van der Waals surface area contributed by atoms with Gasteiger partial charge in [0.25, 0.3) is 0 Å². The van der Waals surface area contributed by atoms with Gasteiger partial charge in [-0.2, -0.15) is 0 Å². The molecule has 2 rings (SSSR count). The number of hydrogen-bond donors (Lipinski definition) is 1.